The molecule has 1 aromatic rings. The maximum absolute atomic E-state index is 11.8. The van der Waals surface area contributed by atoms with Gasteiger partial charge in [-0.15, -0.1) is 0 Å². The van der Waals surface area contributed by atoms with Crippen LogP contribution in [-0.4, -0.2) is 79.8 Å². The lowest BCUT2D eigenvalue weighted by Gasteiger charge is -2.39. The highest BCUT2D eigenvalue weighted by molar-refractivity contribution is 8.00. The van der Waals surface area contributed by atoms with Gasteiger partial charge in [0, 0.05) is 13.1 Å². The zero-order chi connectivity index (χ0) is 24.7. The highest BCUT2D eigenvalue weighted by Crippen LogP contribution is 2.43. The maximum atomic E-state index is 11.8. The van der Waals surface area contributed by atoms with Gasteiger partial charge in [0.25, 0.3) is 11.4 Å². The van der Waals surface area contributed by atoms with Crippen molar-refractivity contribution in [2.45, 2.75) is 74.3 Å². The smallest absolute Gasteiger partial charge is 0.299 e. The fraction of sp³-hybridized carbons (Fsp3) is 0.700. The van der Waals surface area contributed by atoms with Gasteiger partial charge in [0.2, 0.25) is 0 Å². The van der Waals surface area contributed by atoms with Crippen molar-refractivity contribution in [3.05, 3.63) is 32.4 Å². The SMILES string of the molecule is CCCCN(CCCC)c1cc(S[C@@H]2O[C@H](CO)[C@H](O)[C@H](O)[C@H]2O)c([N+](=O)[O-])cc1[N+](=O)[O-]. The zero-order valence-electron chi connectivity index (χ0n) is 18.6. The number of nitro groups is 2. The minimum Gasteiger partial charge on any atom is -0.394 e. The number of hydrogen-bond donors (Lipinski definition) is 4. The first kappa shape index (κ1) is 27.2. The molecule has 0 amide bonds. The van der Waals surface area contributed by atoms with Crippen molar-refractivity contribution >= 4 is 28.8 Å². The van der Waals surface area contributed by atoms with E-state index >= 15 is 0 Å². The highest BCUT2D eigenvalue weighted by atomic mass is 32.2. The summed E-state index contributed by atoms with van der Waals surface area (Å²) in [6.07, 6.45) is -2.74. The Morgan fingerprint density at radius 3 is 2.03 bits per heavy atom. The van der Waals surface area contributed by atoms with Crippen molar-refractivity contribution in [3.63, 3.8) is 0 Å². The van der Waals surface area contributed by atoms with E-state index in [0.29, 0.717) is 24.9 Å². The van der Waals surface area contributed by atoms with E-state index < -0.39 is 57.7 Å². The Labute approximate surface area is 195 Å². The van der Waals surface area contributed by atoms with Gasteiger partial charge in [-0.3, -0.25) is 20.2 Å². The Balaban J connectivity index is 2.52. The number of nitro benzene ring substituents is 2. The number of ether oxygens (including phenoxy) is 1. The molecule has 2 rings (SSSR count). The van der Waals surface area contributed by atoms with Crippen LogP contribution in [0.3, 0.4) is 0 Å². The number of aliphatic hydroxyl groups is 4. The lowest BCUT2D eigenvalue weighted by molar-refractivity contribution is -0.395. The maximum Gasteiger partial charge on any atom is 0.299 e. The Hall–Kier alpha value is -2.03. The fourth-order valence-corrected chi connectivity index (χ4v) is 4.71. The summed E-state index contributed by atoms with van der Waals surface area (Å²) in [5.41, 5.74) is -1.97. The molecule has 1 fully saturated rings. The van der Waals surface area contributed by atoms with Gasteiger partial charge in [-0.2, -0.15) is 0 Å². The standard InChI is InChI=1S/C20H31N3O9S/c1-3-5-7-21(8-6-4-2)12-10-16(14(23(30)31)9-13(12)22(28)29)33-20-19(27)18(26)17(25)15(11-24)32-20/h9-10,15,17-20,24-27H,3-8,11H2,1-2H3/t15-,17+,18+,19-,20+/m1/s1. The van der Waals surface area contributed by atoms with Crippen LogP contribution in [0.4, 0.5) is 17.1 Å². The zero-order valence-corrected chi connectivity index (χ0v) is 19.4. The van der Waals surface area contributed by atoms with E-state index in [1.165, 1.54) is 6.07 Å². The second-order valence-electron chi connectivity index (χ2n) is 7.83. The summed E-state index contributed by atoms with van der Waals surface area (Å²) < 4.78 is 5.46. The molecule has 0 spiro atoms. The van der Waals surface area contributed by atoms with Gasteiger partial charge < -0.3 is 30.1 Å². The number of aliphatic hydroxyl groups excluding tert-OH is 4. The average molecular weight is 490 g/mol. The molecular weight excluding hydrogens is 458 g/mol. The Morgan fingerprint density at radius 1 is 0.970 bits per heavy atom. The first-order valence-corrected chi connectivity index (χ1v) is 11.7. The molecule has 33 heavy (non-hydrogen) atoms. The van der Waals surface area contributed by atoms with E-state index in [0.717, 1.165) is 31.7 Å². The largest absolute Gasteiger partial charge is 0.394 e. The average Bonchev–Trinajstić information content (AvgIpc) is 2.78. The van der Waals surface area contributed by atoms with E-state index in [-0.39, 0.29) is 10.6 Å². The molecule has 0 unspecified atom stereocenters. The van der Waals surface area contributed by atoms with Crippen LogP contribution in [0.25, 0.3) is 0 Å². The lowest BCUT2D eigenvalue weighted by atomic mass is 10.0. The molecule has 186 valence electrons. The quantitative estimate of drug-likeness (QED) is 0.248. The molecule has 0 aromatic heterocycles. The van der Waals surface area contributed by atoms with Crippen LogP contribution in [0.1, 0.15) is 39.5 Å². The van der Waals surface area contributed by atoms with Crippen molar-refractivity contribution in [1.29, 1.82) is 0 Å². The topological polar surface area (TPSA) is 180 Å². The second-order valence-corrected chi connectivity index (χ2v) is 8.97. The van der Waals surface area contributed by atoms with Gasteiger partial charge in [0.15, 0.2) is 0 Å². The Bertz CT molecular complexity index is 818. The minimum absolute atomic E-state index is 0.00271. The molecule has 0 aliphatic carbocycles. The van der Waals surface area contributed by atoms with Gasteiger partial charge in [0.05, 0.1) is 27.4 Å². The number of anilines is 1. The predicted molar refractivity (Wildman–Crippen MR) is 121 cm³/mol. The molecule has 0 saturated carbocycles. The molecular formula is C20H31N3O9S. The normalized spacial score (nSPS) is 25.1. The summed E-state index contributed by atoms with van der Waals surface area (Å²) >= 11 is 0.707. The van der Waals surface area contributed by atoms with Gasteiger partial charge in [-0.25, -0.2) is 0 Å². The Kier molecular flexibility index (Phi) is 10.3. The molecule has 1 heterocycles. The van der Waals surface area contributed by atoms with Crippen molar-refractivity contribution in [3.8, 4) is 0 Å². The molecule has 1 aliphatic rings. The van der Waals surface area contributed by atoms with E-state index in [4.69, 9.17) is 4.74 Å². The van der Waals surface area contributed by atoms with E-state index in [2.05, 4.69) is 0 Å². The van der Waals surface area contributed by atoms with Crippen molar-refractivity contribution < 1.29 is 35.0 Å². The molecule has 5 atom stereocenters. The van der Waals surface area contributed by atoms with Crippen LogP contribution in [0.2, 0.25) is 0 Å². The van der Waals surface area contributed by atoms with Crippen molar-refractivity contribution in [2.75, 3.05) is 24.6 Å². The number of unbranched alkanes of at least 4 members (excludes halogenated alkanes) is 2. The summed E-state index contributed by atoms with van der Waals surface area (Å²) in [6.45, 7) is 4.39. The first-order valence-electron chi connectivity index (χ1n) is 10.8. The van der Waals surface area contributed by atoms with Crippen LogP contribution < -0.4 is 4.90 Å². The third-order valence-corrected chi connectivity index (χ3v) is 6.65. The van der Waals surface area contributed by atoms with Gasteiger partial charge in [0.1, 0.15) is 35.5 Å². The molecule has 0 bridgehead atoms. The number of thioether (sulfide) groups is 1. The predicted octanol–water partition coefficient (Wildman–Crippen LogP) is 1.80. The molecule has 12 nitrogen and oxygen atoms in total. The molecule has 4 N–H and O–H groups in total. The van der Waals surface area contributed by atoms with Crippen molar-refractivity contribution in [2.24, 2.45) is 0 Å². The third-order valence-electron chi connectivity index (χ3n) is 5.44. The van der Waals surface area contributed by atoms with E-state index in [1.807, 2.05) is 18.7 Å². The van der Waals surface area contributed by atoms with Crippen LogP contribution in [0.15, 0.2) is 17.0 Å². The molecule has 1 saturated heterocycles. The molecule has 1 aliphatic heterocycles. The van der Waals surface area contributed by atoms with E-state index in [9.17, 15) is 40.7 Å². The summed E-state index contributed by atoms with van der Waals surface area (Å²) in [7, 11) is 0. The van der Waals surface area contributed by atoms with Gasteiger partial charge in [-0.1, -0.05) is 38.5 Å². The number of hydrogen-bond acceptors (Lipinski definition) is 11. The number of rotatable bonds is 12. The van der Waals surface area contributed by atoms with Crippen LogP contribution in [0.5, 0.6) is 0 Å². The summed E-state index contributed by atoms with van der Waals surface area (Å²) in [5.74, 6) is 0. The van der Waals surface area contributed by atoms with Gasteiger partial charge in [-0.05, 0) is 18.9 Å². The molecule has 0 radical (unpaired) electrons. The lowest BCUT2D eigenvalue weighted by Crippen LogP contribution is -2.57. The van der Waals surface area contributed by atoms with Crippen LogP contribution in [0, 0.1) is 20.2 Å². The minimum atomic E-state index is -1.64. The second kappa shape index (κ2) is 12.4. The van der Waals surface area contributed by atoms with E-state index in [1.54, 1.807) is 0 Å². The van der Waals surface area contributed by atoms with Crippen LogP contribution in [-0.2, 0) is 4.74 Å². The number of benzene rings is 1. The summed E-state index contributed by atoms with van der Waals surface area (Å²) in [4.78, 5) is 23.9. The fourth-order valence-electron chi connectivity index (χ4n) is 3.52. The Morgan fingerprint density at radius 2 is 1.55 bits per heavy atom. The van der Waals surface area contributed by atoms with Crippen LogP contribution >= 0.6 is 11.8 Å². The third kappa shape index (κ3) is 6.52. The monoisotopic (exact) mass is 489 g/mol. The summed E-state index contributed by atoms with van der Waals surface area (Å²) in [5, 5.41) is 63.2. The first-order chi connectivity index (χ1) is 15.7. The van der Waals surface area contributed by atoms with Gasteiger partial charge >= 0.3 is 0 Å². The molecule has 1 aromatic carbocycles. The highest BCUT2D eigenvalue weighted by Gasteiger charge is 2.44. The number of nitrogens with zero attached hydrogens (tertiary/aromatic N) is 3. The summed E-state index contributed by atoms with van der Waals surface area (Å²) in [6, 6.07) is 2.24. The molecule has 13 heteroatoms. The van der Waals surface area contributed by atoms with Crippen molar-refractivity contribution in [1.82, 2.24) is 0 Å².